The van der Waals surface area contributed by atoms with E-state index in [9.17, 15) is 4.79 Å². The summed E-state index contributed by atoms with van der Waals surface area (Å²) in [7, 11) is 0. The molecule has 0 radical (unpaired) electrons. The third kappa shape index (κ3) is 1.77. The number of carbonyl (C=O) groups excluding carboxylic acids is 1. The molecule has 4 heteroatoms. The zero-order chi connectivity index (χ0) is 9.26. The summed E-state index contributed by atoms with van der Waals surface area (Å²) < 4.78 is 0. The summed E-state index contributed by atoms with van der Waals surface area (Å²) in [5.74, 6) is 1.07. The van der Waals surface area contributed by atoms with Crippen molar-refractivity contribution in [1.82, 2.24) is 5.43 Å². The summed E-state index contributed by atoms with van der Waals surface area (Å²) in [5, 5.41) is 3.93. The van der Waals surface area contributed by atoms with Gasteiger partial charge in [-0.2, -0.15) is 5.10 Å². The number of hydrogen-bond donors (Lipinski definition) is 2. The van der Waals surface area contributed by atoms with Crippen molar-refractivity contribution in [3.05, 3.63) is 24.3 Å². The van der Waals surface area contributed by atoms with Gasteiger partial charge in [-0.1, -0.05) is 18.2 Å². The van der Waals surface area contributed by atoms with E-state index < -0.39 is 6.03 Å². The topological polar surface area (TPSA) is 67.5 Å². The van der Waals surface area contributed by atoms with Crippen LogP contribution in [0.2, 0.25) is 0 Å². The van der Waals surface area contributed by atoms with Crippen LogP contribution < -0.4 is 11.2 Å². The molecule has 0 aromatic rings. The van der Waals surface area contributed by atoms with Crippen LogP contribution >= 0.6 is 0 Å². The first kappa shape index (κ1) is 8.04. The Balaban J connectivity index is 2.07. The number of nitrogens with one attached hydrogen (secondary N) is 1. The van der Waals surface area contributed by atoms with Crippen molar-refractivity contribution in [2.24, 2.45) is 22.7 Å². The molecule has 1 fully saturated rings. The van der Waals surface area contributed by atoms with Crippen LogP contribution in [0.5, 0.6) is 0 Å². The molecule has 0 spiro atoms. The van der Waals surface area contributed by atoms with Gasteiger partial charge in [0.25, 0.3) is 0 Å². The van der Waals surface area contributed by atoms with Gasteiger partial charge in [-0.15, -0.1) is 0 Å². The molecule has 2 rings (SSSR count). The molecule has 0 aromatic heterocycles. The van der Waals surface area contributed by atoms with Crippen LogP contribution in [0.4, 0.5) is 4.79 Å². The van der Waals surface area contributed by atoms with E-state index in [1.165, 1.54) is 0 Å². The minimum atomic E-state index is -0.615. The number of hydrogen-bond acceptors (Lipinski definition) is 2. The van der Waals surface area contributed by atoms with Crippen molar-refractivity contribution in [2.75, 3.05) is 0 Å². The quantitative estimate of drug-likeness (QED) is 0.571. The molecule has 0 aromatic carbocycles. The van der Waals surface area contributed by atoms with Crippen LogP contribution in [0.1, 0.15) is 6.42 Å². The van der Waals surface area contributed by atoms with Gasteiger partial charge in [0.1, 0.15) is 0 Å². The van der Waals surface area contributed by atoms with Crippen molar-refractivity contribution in [2.45, 2.75) is 6.42 Å². The standard InChI is InChI=1S/C9H11N3O/c10-9(13)12-11-8-4-2-1-3-6-5-7(6)8/h1-4,6-7H,5H2,(H3,10,12,13)/b11-8-. The predicted molar refractivity (Wildman–Crippen MR) is 50.0 cm³/mol. The van der Waals surface area contributed by atoms with Crippen LogP contribution in [0, 0.1) is 11.8 Å². The van der Waals surface area contributed by atoms with Gasteiger partial charge in [0, 0.05) is 5.92 Å². The van der Waals surface area contributed by atoms with E-state index in [-0.39, 0.29) is 0 Å². The number of allylic oxidation sites excluding steroid dienone is 4. The van der Waals surface area contributed by atoms with Gasteiger partial charge >= 0.3 is 6.03 Å². The molecule has 68 valence electrons. The van der Waals surface area contributed by atoms with Gasteiger partial charge in [0.05, 0.1) is 5.71 Å². The Labute approximate surface area is 76.2 Å². The summed E-state index contributed by atoms with van der Waals surface area (Å²) >= 11 is 0. The first-order valence-corrected chi connectivity index (χ1v) is 4.25. The number of carbonyl (C=O) groups is 1. The van der Waals surface area contributed by atoms with E-state index >= 15 is 0 Å². The number of primary amides is 1. The van der Waals surface area contributed by atoms with Crippen LogP contribution in [0.3, 0.4) is 0 Å². The van der Waals surface area contributed by atoms with Gasteiger partial charge in [-0.25, -0.2) is 10.2 Å². The average Bonchev–Trinajstić information content (AvgIpc) is 2.79. The Hall–Kier alpha value is -1.58. The number of fused-ring (bicyclic) bond motifs is 1. The number of hydrazone groups is 1. The molecule has 0 heterocycles. The SMILES string of the molecule is NC(=O)N/N=C1/C=CC=CC2CC12. The maximum absolute atomic E-state index is 10.4. The van der Waals surface area contributed by atoms with E-state index in [4.69, 9.17) is 5.73 Å². The fourth-order valence-electron chi connectivity index (χ4n) is 1.49. The molecule has 1 saturated carbocycles. The van der Waals surface area contributed by atoms with Crippen LogP contribution in [0.25, 0.3) is 0 Å². The summed E-state index contributed by atoms with van der Waals surface area (Å²) in [4.78, 5) is 10.4. The normalized spacial score (nSPS) is 32.5. The Kier molecular flexibility index (Phi) is 1.88. The fraction of sp³-hybridized carbons (Fsp3) is 0.333. The summed E-state index contributed by atoms with van der Waals surface area (Å²) in [6.45, 7) is 0. The molecular weight excluding hydrogens is 166 g/mol. The molecule has 2 unspecified atom stereocenters. The summed E-state index contributed by atoms with van der Waals surface area (Å²) in [6.07, 6.45) is 9.13. The lowest BCUT2D eigenvalue weighted by Gasteiger charge is -1.97. The summed E-state index contributed by atoms with van der Waals surface area (Å²) in [5.41, 5.74) is 8.07. The molecule has 3 N–H and O–H groups in total. The van der Waals surface area contributed by atoms with E-state index in [1.807, 2.05) is 18.2 Å². The van der Waals surface area contributed by atoms with Crippen molar-refractivity contribution in [3.63, 3.8) is 0 Å². The maximum atomic E-state index is 10.4. The van der Waals surface area contributed by atoms with E-state index in [0.717, 1.165) is 12.1 Å². The number of urea groups is 1. The number of nitrogens with two attached hydrogens (primary N) is 1. The lowest BCUT2D eigenvalue weighted by Crippen LogP contribution is -2.25. The van der Waals surface area contributed by atoms with Crippen molar-refractivity contribution in [1.29, 1.82) is 0 Å². The third-order valence-corrected chi connectivity index (χ3v) is 2.25. The highest BCUT2D eigenvalue weighted by Crippen LogP contribution is 2.42. The van der Waals surface area contributed by atoms with E-state index in [0.29, 0.717) is 11.8 Å². The fourth-order valence-corrected chi connectivity index (χ4v) is 1.49. The molecule has 2 aliphatic carbocycles. The number of nitrogens with zero attached hydrogens (tertiary/aromatic N) is 1. The second-order valence-electron chi connectivity index (χ2n) is 3.26. The Morgan fingerprint density at radius 3 is 3.23 bits per heavy atom. The molecule has 0 aliphatic heterocycles. The van der Waals surface area contributed by atoms with Gasteiger partial charge in [0.15, 0.2) is 0 Å². The largest absolute Gasteiger partial charge is 0.350 e. The van der Waals surface area contributed by atoms with Gasteiger partial charge in [-0.3, -0.25) is 0 Å². The highest BCUT2D eigenvalue weighted by atomic mass is 16.2. The molecule has 0 bridgehead atoms. The first-order valence-electron chi connectivity index (χ1n) is 4.25. The lowest BCUT2D eigenvalue weighted by molar-refractivity contribution is 0.249. The molecule has 4 nitrogen and oxygen atoms in total. The van der Waals surface area contributed by atoms with Gasteiger partial charge < -0.3 is 5.73 Å². The van der Waals surface area contributed by atoms with Gasteiger partial charge in [0.2, 0.25) is 0 Å². The number of amides is 2. The Bertz CT molecular complexity index is 317. The summed E-state index contributed by atoms with van der Waals surface area (Å²) in [6, 6.07) is -0.615. The van der Waals surface area contributed by atoms with Gasteiger partial charge in [-0.05, 0) is 18.4 Å². The third-order valence-electron chi connectivity index (χ3n) is 2.25. The minimum absolute atomic E-state index is 0.474. The average molecular weight is 177 g/mol. The van der Waals surface area contributed by atoms with Crippen LogP contribution in [-0.2, 0) is 0 Å². The predicted octanol–water partition coefficient (Wildman–Crippen LogP) is 0.773. The van der Waals surface area contributed by atoms with E-state index in [1.54, 1.807) is 0 Å². The lowest BCUT2D eigenvalue weighted by atomic mass is 10.2. The highest BCUT2D eigenvalue weighted by Gasteiger charge is 2.38. The molecular formula is C9H11N3O. The first-order chi connectivity index (χ1) is 6.27. The molecule has 2 atom stereocenters. The molecule has 2 aliphatic rings. The van der Waals surface area contributed by atoms with Crippen molar-refractivity contribution < 1.29 is 4.79 Å². The Morgan fingerprint density at radius 2 is 2.46 bits per heavy atom. The van der Waals surface area contributed by atoms with Crippen molar-refractivity contribution in [3.8, 4) is 0 Å². The molecule has 2 amide bonds. The second kappa shape index (κ2) is 3.05. The Morgan fingerprint density at radius 1 is 1.62 bits per heavy atom. The molecule has 0 saturated heterocycles. The highest BCUT2D eigenvalue weighted by molar-refractivity contribution is 6.00. The van der Waals surface area contributed by atoms with Crippen LogP contribution in [0.15, 0.2) is 29.4 Å². The van der Waals surface area contributed by atoms with Crippen molar-refractivity contribution >= 4 is 11.7 Å². The second-order valence-corrected chi connectivity index (χ2v) is 3.26. The van der Waals surface area contributed by atoms with E-state index in [2.05, 4.69) is 16.6 Å². The minimum Gasteiger partial charge on any atom is -0.350 e. The zero-order valence-corrected chi connectivity index (χ0v) is 7.10. The molecule has 13 heavy (non-hydrogen) atoms. The number of rotatable bonds is 1. The monoisotopic (exact) mass is 177 g/mol. The van der Waals surface area contributed by atoms with Crippen LogP contribution in [-0.4, -0.2) is 11.7 Å². The smallest absolute Gasteiger partial charge is 0.332 e. The zero-order valence-electron chi connectivity index (χ0n) is 7.10. The maximum Gasteiger partial charge on any atom is 0.332 e.